The van der Waals surface area contributed by atoms with E-state index >= 15 is 0 Å². The van der Waals surface area contributed by atoms with E-state index in [0.717, 1.165) is 22.2 Å². The molecular weight excluding hydrogens is 370 g/mol. The fourth-order valence-electron chi connectivity index (χ4n) is 3.08. The zero-order valence-corrected chi connectivity index (χ0v) is 16.6. The van der Waals surface area contributed by atoms with Gasteiger partial charge in [-0.05, 0) is 50.2 Å². The first-order valence-electron chi connectivity index (χ1n) is 9.03. The normalized spacial score (nSPS) is 11.6. The van der Waals surface area contributed by atoms with Crippen molar-refractivity contribution in [3.05, 3.63) is 89.7 Å². The molecule has 0 radical (unpaired) electrons. The van der Waals surface area contributed by atoms with Crippen LogP contribution in [0.4, 0.5) is 5.69 Å². The Morgan fingerprint density at radius 1 is 0.857 bits per heavy atom. The number of fused-ring (bicyclic) bond motifs is 1. The first kappa shape index (κ1) is 18.3. The van der Waals surface area contributed by atoms with Crippen molar-refractivity contribution in [2.24, 2.45) is 0 Å². The van der Waals surface area contributed by atoms with Crippen molar-refractivity contribution in [2.75, 3.05) is 4.31 Å². The van der Waals surface area contributed by atoms with E-state index < -0.39 is 10.0 Å². The zero-order valence-electron chi connectivity index (χ0n) is 15.8. The summed E-state index contributed by atoms with van der Waals surface area (Å²) in [5.41, 5.74) is 4.38. The average molecular weight is 391 g/mol. The molecule has 0 aliphatic carbocycles. The summed E-state index contributed by atoms with van der Waals surface area (Å²) in [6.07, 6.45) is 0. The number of para-hydroxylation sites is 2. The lowest BCUT2D eigenvalue weighted by Gasteiger charge is -2.24. The second-order valence-electron chi connectivity index (χ2n) is 6.86. The number of H-pyrrole nitrogens is 1. The van der Waals surface area contributed by atoms with Crippen LogP contribution in [-0.2, 0) is 16.6 Å². The van der Waals surface area contributed by atoms with Gasteiger partial charge >= 0.3 is 0 Å². The summed E-state index contributed by atoms with van der Waals surface area (Å²) < 4.78 is 28.3. The lowest BCUT2D eigenvalue weighted by atomic mass is 10.2. The molecule has 0 saturated heterocycles. The Morgan fingerprint density at radius 2 is 1.46 bits per heavy atom. The molecule has 3 aromatic carbocycles. The van der Waals surface area contributed by atoms with Crippen molar-refractivity contribution in [3.63, 3.8) is 0 Å². The van der Waals surface area contributed by atoms with E-state index in [-0.39, 0.29) is 11.4 Å². The molecule has 5 nitrogen and oxygen atoms in total. The molecule has 0 aliphatic rings. The maximum atomic E-state index is 13.4. The summed E-state index contributed by atoms with van der Waals surface area (Å²) in [6.45, 7) is 4.03. The summed E-state index contributed by atoms with van der Waals surface area (Å²) in [5, 5.41) is 0. The molecule has 0 amide bonds. The van der Waals surface area contributed by atoms with Crippen molar-refractivity contribution in [2.45, 2.75) is 25.3 Å². The Balaban J connectivity index is 1.79. The highest BCUT2D eigenvalue weighted by atomic mass is 32.2. The number of hydrogen-bond acceptors (Lipinski definition) is 3. The molecule has 0 aliphatic heterocycles. The molecule has 28 heavy (non-hydrogen) atoms. The smallest absolute Gasteiger partial charge is 0.264 e. The minimum atomic E-state index is -3.75. The van der Waals surface area contributed by atoms with E-state index in [1.54, 1.807) is 24.3 Å². The van der Waals surface area contributed by atoms with Gasteiger partial charge in [-0.3, -0.25) is 4.31 Å². The van der Waals surface area contributed by atoms with E-state index in [4.69, 9.17) is 0 Å². The number of anilines is 1. The largest absolute Gasteiger partial charge is 0.340 e. The zero-order chi connectivity index (χ0) is 19.7. The molecule has 1 heterocycles. The molecule has 1 N–H and O–H groups in total. The van der Waals surface area contributed by atoms with E-state index in [9.17, 15) is 8.42 Å². The van der Waals surface area contributed by atoms with E-state index in [0.29, 0.717) is 11.5 Å². The van der Waals surface area contributed by atoms with Crippen molar-refractivity contribution >= 4 is 26.7 Å². The number of benzene rings is 3. The van der Waals surface area contributed by atoms with Crippen LogP contribution in [-0.4, -0.2) is 18.4 Å². The molecule has 142 valence electrons. The minimum Gasteiger partial charge on any atom is -0.340 e. The molecule has 4 aromatic rings. The molecule has 1 aromatic heterocycles. The molecule has 0 saturated carbocycles. The van der Waals surface area contributed by atoms with Gasteiger partial charge in [0.1, 0.15) is 5.82 Å². The summed E-state index contributed by atoms with van der Waals surface area (Å²) in [6, 6.07) is 22.0. The van der Waals surface area contributed by atoms with Crippen LogP contribution in [0.15, 0.2) is 77.7 Å². The van der Waals surface area contributed by atoms with Crippen LogP contribution in [0.1, 0.15) is 17.0 Å². The highest BCUT2D eigenvalue weighted by molar-refractivity contribution is 7.92. The monoisotopic (exact) mass is 391 g/mol. The Kier molecular flexibility index (Phi) is 4.65. The summed E-state index contributed by atoms with van der Waals surface area (Å²) >= 11 is 0. The molecule has 0 fully saturated rings. The van der Waals surface area contributed by atoms with Gasteiger partial charge < -0.3 is 4.98 Å². The van der Waals surface area contributed by atoms with Crippen LogP contribution in [0.25, 0.3) is 11.0 Å². The Hall–Kier alpha value is -3.12. The van der Waals surface area contributed by atoms with E-state index in [1.165, 1.54) is 4.31 Å². The maximum Gasteiger partial charge on any atom is 0.264 e. The molecule has 0 atom stereocenters. The quantitative estimate of drug-likeness (QED) is 0.542. The second kappa shape index (κ2) is 7.13. The predicted molar refractivity (Wildman–Crippen MR) is 112 cm³/mol. The number of hydrogen-bond donors (Lipinski definition) is 1. The van der Waals surface area contributed by atoms with Crippen LogP contribution in [0, 0.1) is 13.8 Å². The van der Waals surface area contributed by atoms with Crippen molar-refractivity contribution in [3.8, 4) is 0 Å². The lowest BCUT2D eigenvalue weighted by molar-refractivity contribution is 0.589. The van der Waals surface area contributed by atoms with Gasteiger partial charge in [-0.25, -0.2) is 13.4 Å². The highest BCUT2D eigenvalue weighted by Gasteiger charge is 2.26. The van der Waals surface area contributed by atoms with Crippen LogP contribution in [0.3, 0.4) is 0 Å². The van der Waals surface area contributed by atoms with Crippen LogP contribution < -0.4 is 4.31 Å². The van der Waals surface area contributed by atoms with Gasteiger partial charge in [-0.2, -0.15) is 0 Å². The van der Waals surface area contributed by atoms with Crippen molar-refractivity contribution in [1.29, 1.82) is 0 Å². The number of imidazole rings is 1. The predicted octanol–water partition coefficient (Wildman–Crippen LogP) is 4.58. The number of aromatic amines is 1. The van der Waals surface area contributed by atoms with Gasteiger partial charge in [0, 0.05) is 0 Å². The summed E-state index contributed by atoms with van der Waals surface area (Å²) in [4.78, 5) is 8.04. The van der Waals surface area contributed by atoms with Gasteiger partial charge in [0.05, 0.1) is 28.2 Å². The third-order valence-corrected chi connectivity index (χ3v) is 6.45. The van der Waals surface area contributed by atoms with Crippen LogP contribution in [0.2, 0.25) is 0 Å². The number of rotatable bonds is 5. The van der Waals surface area contributed by atoms with Crippen molar-refractivity contribution in [1.82, 2.24) is 9.97 Å². The first-order valence-corrected chi connectivity index (χ1v) is 10.5. The molecular formula is C22H21N3O2S. The standard InChI is InChI=1S/C22H21N3O2S/c1-16-7-11-18(12-8-16)25(28(26,27)19-13-9-17(2)10-14-19)15-22-23-20-5-3-4-6-21(20)24-22/h3-14H,15H2,1-2H3,(H,23,24). The number of sulfonamides is 1. The maximum absolute atomic E-state index is 13.4. The number of nitrogens with zero attached hydrogens (tertiary/aromatic N) is 2. The van der Waals surface area contributed by atoms with Gasteiger partial charge in [-0.1, -0.05) is 47.5 Å². The summed E-state index contributed by atoms with van der Waals surface area (Å²) in [7, 11) is -3.75. The van der Waals surface area contributed by atoms with Crippen LogP contribution >= 0.6 is 0 Å². The highest BCUT2D eigenvalue weighted by Crippen LogP contribution is 2.26. The molecule has 0 spiro atoms. The van der Waals surface area contributed by atoms with Crippen LogP contribution in [0.5, 0.6) is 0 Å². The first-order chi connectivity index (χ1) is 13.4. The van der Waals surface area contributed by atoms with E-state index in [1.807, 2.05) is 62.4 Å². The minimum absolute atomic E-state index is 0.119. The molecule has 0 unspecified atom stereocenters. The Bertz CT molecular complexity index is 1180. The topological polar surface area (TPSA) is 66.1 Å². The fraction of sp³-hybridized carbons (Fsp3) is 0.136. The fourth-order valence-corrected chi connectivity index (χ4v) is 4.51. The number of aromatic nitrogens is 2. The van der Waals surface area contributed by atoms with Crippen molar-refractivity contribution < 1.29 is 8.42 Å². The number of aryl methyl sites for hydroxylation is 2. The second-order valence-corrected chi connectivity index (χ2v) is 8.72. The third-order valence-electron chi connectivity index (χ3n) is 4.66. The molecule has 4 rings (SSSR count). The third kappa shape index (κ3) is 3.51. The summed E-state index contributed by atoms with van der Waals surface area (Å²) in [5.74, 6) is 0.595. The Morgan fingerprint density at radius 3 is 2.11 bits per heavy atom. The molecule has 6 heteroatoms. The van der Waals surface area contributed by atoms with Gasteiger partial charge in [-0.15, -0.1) is 0 Å². The van der Waals surface area contributed by atoms with Gasteiger partial charge in [0.2, 0.25) is 0 Å². The lowest BCUT2D eigenvalue weighted by Crippen LogP contribution is -2.31. The average Bonchev–Trinajstić information content (AvgIpc) is 3.10. The SMILES string of the molecule is Cc1ccc(N(Cc2nc3ccccc3[nH]2)S(=O)(=O)c2ccc(C)cc2)cc1. The molecule has 0 bridgehead atoms. The van der Waals surface area contributed by atoms with E-state index in [2.05, 4.69) is 9.97 Å². The van der Waals surface area contributed by atoms with Gasteiger partial charge in [0.15, 0.2) is 0 Å². The van der Waals surface area contributed by atoms with Gasteiger partial charge in [0.25, 0.3) is 10.0 Å². The number of nitrogens with one attached hydrogen (secondary N) is 1. The Labute approximate surface area is 164 Å².